The van der Waals surface area contributed by atoms with E-state index in [-0.39, 0.29) is 17.9 Å². The van der Waals surface area contributed by atoms with Crippen LogP contribution >= 0.6 is 0 Å². The molecule has 2 aromatic rings. The fourth-order valence-electron chi connectivity index (χ4n) is 3.81. The third kappa shape index (κ3) is 4.89. The molecule has 27 heavy (non-hydrogen) atoms. The van der Waals surface area contributed by atoms with Crippen LogP contribution < -0.4 is 10.1 Å². The van der Waals surface area contributed by atoms with Crippen LogP contribution in [0.4, 0.5) is 0 Å². The van der Waals surface area contributed by atoms with Gasteiger partial charge in [0.25, 0.3) is 0 Å². The number of carbonyl (C=O) groups is 1. The molecule has 0 radical (unpaired) electrons. The minimum Gasteiger partial charge on any atom is -0.496 e. The molecule has 0 unspecified atom stereocenters. The number of ether oxygens (including phenoxy) is 1. The van der Waals surface area contributed by atoms with E-state index in [1.165, 1.54) is 11.1 Å². The zero-order valence-electron chi connectivity index (χ0n) is 16.6. The van der Waals surface area contributed by atoms with E-state index in [0.717, 1.165) is 43.8 Å². The highest BCUT2D eigenvalue weighted by molar-refractivity contribution is 5.79. The van der Waals surface area contributed by atoms with E-state index >= 15 is 0 Å². The number of rotatable bonds is 6. The fraction of sp³-hybridized carbons (Fsp3) is 0.435. The second kappa shape index (κ2) is 9.05. The van der Waals surface area contributed by atoms with Crippen molar-refractivity contribution < 1.29 is 9.53 Å². The number of nitrogens with zero attached hydrogens (tertiary/aromatic N) is 1. The molecule has 0 aromatic heterocycles. The van der Waals surface area contributed by atoms with Gasteiger partial charge >= 0.3 is 0 Å². The number of amides is 1. The molecule has 0 spiro atoms. The topological polar surface area (TPSA) is 41.6 Å². The molecule has 1 amide bonds. The molecule has 1 aliphatic rings. The Balaban J connectivity index is 1.52. The van der Waals surface area contributed by atoms with Crippen molar-refractivity contribution in [3.05, 3.63) is 65.2 Å². The fourth-order valence-corrected chi connectivity index (χ4v) is 3.81. The van der Waals surface area contributed by atoms with E-state index in [9.17, 15) is 4.79 Å². The van der Waals surface area contributed by atoms with Gasteiger partial charge in [-0.3, -0.25) is 9.69 Å². The summed E-state index contributed by atoms with van der Waals surface area (Å²) in [6.45, 7) is 7.08. The van der Waals surface area contributed by atoms with Crippen molar-refractivity contribution in [3.8, 4) is 5.75 Å². The number of nitrogens with one attached hydrogen (secondary N) is 1. The molecule has 1 N–H and O–H groups in total. The second-order valence-corrected chi connectivity index (χ2v) is 7.45. The predicted octanol–water partition coefficient (Wildman–Crippen LogP) is 4.09. The Morgan fingerprint density at radius 1 is 1.15 bits per heavy atom. The Labute approximate surface area is 162 Å². The molecule has 1 heterocycles. The van der Waals surface area contributed by atoms with Crippen molar-refractivity contribution in [2.45, 2.75) is 39.3 Å². The van der Waals surface area contributed by atoms with Gasteiger partial charge in [-0.2, -0.15) is 0 Å². The minimum absolute atomic E-state index is 0.0568. The molecule has 1 fully saturated rings. The van der Waals surface area contributed by atoms with Gasteiger partial charge in [0.2, 0.25) is 5.91 Å². The van der Waals surface area contributed by atoms with Gasteiger partial charge in [0.15, 0.2) is 0 Å². The number of methoxy groups -OCH3 is 1. The summed E-state index contributed by atoms with van der Waals surface area (Å²) >= 11 is 0. The van der Waals surface area contributed by atoms with Crippen molar-refractivity contribution in [2.75, 3.05) is 20.2 Å². The predicted molar refractivity (Wildman–Crippen MR) is 109 cm³/mol. The van der Waals surface area contributed by atoms with Gasteiger partial charge in [-0.25, -0.2) is 0 Å². The van der Waals surface area contributed by atoms with Gasteiger partial charge in [-0.1, -0.05) is 42.5 Å². The Hall–Kier alpha value is -2.33. The maximum Gasteiger partial charge on any atom is 0.223 e. The Bertz CT molecular complexity index is 766. The average molecular weight is 367 g/mol. The van der Waals surface area contributed by atoms with Crippen LogP contribution in [0.25, 0.3) is 0 Å². The zero-order valence-corrected chi connectivity index (χ0v) is 16.6. The molecule has 4 nitrogen and oxygen atoms in total. The van der Waals surface area contributed by atoms with Crippen LogP contribution in [0.3, 0.4) is 0 Å². The summed E-state index contributed by atoms with van der Waals surface area (Å²) < 4.78 is 5.42. The SMILES string of the molecule is COc1ccccc1[C@H](C)NC(=O)C1CCN(Cc2ccccc2C)CC1. The molecule has 1 saturated heterocycles. The molecule has 3 rings (SSSR count). The summed E-state index contributed by atoms with van der Waals surface area (Å²) in [4.78, 5) is 15.2. The van der Waals surface area contributed by atoms with Crippen LogP contribution in [-0.2, 0) is 11.3 Å². The summed E-state index contributed by atoms with van der Waals surface area (Å²) in [5, 5.41) is 3.18. The summed E-state index contributed by atoms with van der Waals surface area (Å²) in [5.41, 5.74) is 3.73. The Morgan fingerprint density at radius 2 is 1.81 bits per heavy atom. The van der Waals surface area contributed by atoms with Crippen LogP contribution in [-0.4, -0.2) is 31.0 Å². The maximum atomic E-state index is 12.7. The third-order valence-electron chi connectivity index (χ3n) is 5.58. The van der Waals surface area contributed by atoms with Crippen LogP contribution in [0, 0.1) is 12.8 Å². The van der Waals surface area contributed by atoms with Crippen molar-refractivity contribution >= 4 is 5.91 Å². The van der Waals surface area contributed by atoms with Crippen LogP contribution in [0.1, 0.15) is 42.5 Å². The molecule has 4 heteroatoms. The molecule has 0 aliphatic carbocycles. The zero-order chi connectivity index (χ0) is 19.2. The number of aryl methyl sites for hydroxylation is 1. The summed E-state index contributed by atoms with van der Waals surface area (Å²) in [5.74, 6) is 1.07. The first-order chi connectivity index (χ1) is 13.1. The highest BCUT2D eigenvalue weighted by atomic mass is 16.5. The molecule has 1 aliphatic heterocycles. The smallest absolute Gasteiger partial charge is 0.223 e. The summed E-state index contributed by atoms with van der Waals surface area (Å²) in [7, 11) is 1.66. The van der Waals surface area contributed by atoms with Crippen molar-refractivity contribution in [1.82, 2.24) is 10.2 Å². The molecular weight excluding hydrogens is 336 g/mol. The first kappa shape index (κ1) is 19.4. The standard InChI is InChI=1S/C23H30N2O2/c1-17-8-4-5-9-20(17)16-25-14-12-19(13-15-25)23(26)24-18(2)21-10-6-7-11-22(21)27-3/h4-11,18-19H,12-16H2,1-3H3,(H,24,26)/t18-/m0/s1. The molecule has 144 valence electrons. The van der Waals surface area contributed by atoms with E-state index < -0.39 is 0 Å². The van der Waals surface area contributed by atoms with Crippen LogP contribution in [0.2, 0.25) is 0 Å². The van der Waals surface area contributed by atoms with Gasteiger partial charge in [0.1, 0.15) is 5.75 Å². The molecule has 1 atom stereocenters. The van der Waals surface area contributed by atoms with Crippen molar-refractivity contribution in [3.63, 3.8) is 0 Å². The van der Waals surface area contributed by atoms with Gasteiger partial charge in [-0.15, -0.1) is 0 Å². The minimum atomic E-state index is -0.0568. The van der Waals surface area contributed by atoms with Crippen LogP contribution in [0.15, 0.2) is 48.5 Å². The lowest BCUT2D eigenvalue weighted by atomic mass is 9.94. The maximum absolute atomic E-state index is 12.7. The van der Waals surface area contributed by atoms with Gasteiger partial charge in [0.05, 0.1) is 13.2 Å². The largest absolute Gasteiger partial charge is 0.496 e. The number of para-hydroxylation sites is 1. The van der Waals surface area contributed by atoms with Crippen molar-refractivity contribution in [2.24, 2.45) is 5.92 Å². The van der Waals surface area contributed by atoms with Gasteiger partial charge in [0, 0.05) is 18.0 Å². The second-order valence-electron chi connectivity index (χ2n) is 7.45. The highest BCUT2D eigenvalue weighted by Gasteiger charge is 2.26. The van der Waals surface area contributed by atoms with Gasteiger partial charge < -0.3 is 10.1 Å². The lowest BCUT2D eigenvalue weighted by Crippen LogP contribution is -2.41. The van der Waals surface area contributed by atoms with Crippen LogP contribution in [0.5, 0.6) is 5.75 Å². The van der Waals surface area contributed by atoms with Crippen molar-refractivity contribution in [1.29, 1.82) is 0 Å². The number of benzene rings is 2. The number of carbonyl (C=O) groups excluding carboxylic acids is 1. The third-order valence-corrected chi connectivity index (χ3v) is 5.58. The molecular formula is C23H30N2O2. The number of piperidine rings is 1. The van der Waals surface area contributed by atoms with E-state index in [2.05, 4.69) is 41.4 Å². The number of likely N-dealkylation sites (tertiary alicyclic amines) is 1. The monoisotopic (exact) mass is 366 g/mol. The van der Waals surface area contributed by atoms with E-state index in [1.54, 1.807) is 7.11 Å². The molecule has 2 aromatic carbocycles. The number of hydrogen-bond acceptors (Lipinski definition) is 3. The lowest BCUT2D eigenvalue weighted by molar-refractivity contribution is -0.127. The lowest BCUT2D eigenvalue weighted by Gasteiger charge is -2.32. The normalized spacial score (nSPS) is 16.7. The first-order valence-corrected chi connectivity index (χ1v) is 9.78. The first-order valence-electron chi connectivity index (χ1n) is 9.78. The van der Waals surface area contributed by atoms with E-state index in [4.69, 9.17) is 4.74 Å². The number of hydrogen-bond donors (Lipinski definition) is 1. The van der Waals surface area contributed by atoms with E-state index in [1.807, 2.05) is 31.2 Å². The highest BCUT2D eigenvalue weighted by Crippen LogP contribution is 2.26. The summed E-state index contributed by atoms with van der Waals surface area (Å²) in [6, 6.07) is 16.3. The quantitative estimate of drug-likeness (QED) is 0.837. The molecule has 0 bridgehead atoms. The van der Waals surface area contributed by atoms with E-state index in [0.29, 0.717) is 0 Å². The Kier molecular flexibility index (Phi) is 6.51. The molecule has 0 saturated carbocycles. The Morgan fingerprint density at radius 3 is 2.52 bits per heavy atom. The summed E-state index contributed by atoms with van der Waals surface area (Å²) in [6.07, 6.45) is 1.83. The van der Waals surface area contributed by atoms with Gasteiger partial charge in [-0.05, 0) is 57.0 Å². The average Bonchev–Trinajstić information content (AvgIpc) is 2.70.